The zero-order valence-corrected chi connectivity index (χ0v) is 17.5. The second-order valence-electron chi connectivity index (χ2n) is 7.05. The lowest BCUT2D eigenvalue weighted by Crippen LogP contribution is -2.35. The Morgan fingerprint density at radius 3 is 2.34 bits per heavy atom. The van der Waals surface area contributed by atoms with Gasteiger partial charge >= 0.3 is 0 Å². The van der Waals surface area contributed by atoms with Gasteiger partial charge in [0.15, 0.2) is 0 Å². The van der Waals surface area contributed by atoms with E-state index in [2.05, 4.69) is 39.0 Å². The smallest absolute Gasteiger partial charge is 0.128 e. The molecule has 0 aliphatic carbocycles. The van der Waals surface area contributed by atoms with E-state index in [0.29, 0.717) is 23.9 Å². The van der Waals surface area contributed by atoms with Gasteiger partial charge in [-0.1, -0.05) is 29.8 Å². The molecule has 2 aromatic carbocycles. The molecule has 6 heteroatoms. The Balaban J connectivity index is 1.66. The first kappa shape index (κ1) is 21.0. The van der Waals surface area contributed by atoms with Gasteiger partial charge in [-0.2, -0.15) is 0 Å². The Kier molecular flexibility index (Phi) is 7.33. The molecule has 0 radical (unpaired) electrons. The highest BCUT2D eigenvalue weighted by atomic mass is 35.5. The minimum atomic E-state index is -0.672. The largest absolute Gasteiger partial charge is 0.491 e. The lowest BCUT2D eigenvalue weighted by atomic mass is 10.1. The van der Waals surface area contributed by atoms with E-state index in [9.17, 15) is 5.11 Å². The zero-order valence-electron chi connectivity index (χ0n) is 16.7. The van der Waals surface area contributed by atoms with Crippen LogP contribution in [0.15, 0.2) is 72.9 Å². The second kappa shape index (κ2) is 10.1. The van der Waals surface area contributed by atoms with Crippen molar-refractivity contribution >= 4 is 23.1 Å². The number of hydrogen-bond donors (Lipinski definition) is 1. The van der Waals surface area contributed by atoms with Crippen LogP contribution in [-0.2, 0) is 6.54 Å². The van der Waals surface area contributed by atoms with Crippen molar-refractivity contribution in [2.24, 2.45) is 0 Å². The van der Waals surface area contributed by atoms with Gasteiger partial charge < -0.3 is 19.6 Å². The first-order chi connectivity index (χ1) is 14.0. The maximum Gasteiger partial charge on any atom is 0.128 e. The van der Waals surface area contributed by atoms with Crippen LogP contribution in [0.25, 0.3) is 0 Å². The molecule has 0 saturated heterocycles. The number of halogens is 1. The molecular formula is C23H26ClN3O2. The predicted octanol–water partition coefficient (Wildman–Crippen LogP) is 4.25. The molecule has 1 unspecified atom stereocenters. The van der Waals surface area contributed by atoms with E-state index < -0.39 is 6.10 Å². The highest BCUT2D eigenvalue weighted by molar-refractivity contribution is 6.30. The van der Waals surface area contributed by atoms with Crippen LogP contribution in [0.4, 0.5) is 11.5 Å². The quantitative estimate of drug-likeness (QED) is 0.570. The third-order valence-corrected chi connectivity index (χ3v) is 4.74. The van der Waals surface area contributed by atoms with Crippen LogP contribution >= 0.6 is 11.6 Å². The molecule has 0 aliphatic heterocycles. The lowest BCUT2D eigenvalue weighted by molar-refractivity contribution is 0.112. The van der Waals surface area contributed by atoms with Crippen molar-refractivity contribution < 1.29 is 9.84 Å². The molecule has 5 nitrogen and oxygen atoms in total. The Morgan fingerprint density at radius 2 is 1.72 bits per heavy atom. The Labute approximate surface area is 177 Å². The number of hydrogen-bond acceptors (Lipinski definition) is 5. The summed E-state index contributed by atoms with van der Waals surface area (Å²) >= 11 is 5.89. The Hall–Kier alpha value is -2.76. The van der Waals surface area contributed by atoms with E-state index in [0.717, 1.165) is 17.1 Å². The zero-order chi connectivity index (χ0) is 20.6. The summed E-state index contributed by atoms with van der Waals surface area (Å²) in [5.41, 5.74) is 2.29. The molecule has 152 valence electrons. The normalized spacial score (nSPS) is 11.7. The molecular weight excluding hydrogens is 386 g/mol. The summed E-state index contributed by atoms with van der Waals surface area (Å²) in [4.78, 5) is 8.58. The van der Waals surface area contributed by atoms with Crippen molar-refractivity contribution in [2.75, 3.05) is 37.0 Å². The third kappa shape index (κ3) is 6.38. The number of nitrogens with zero attached hydrogens (tertiary/aromatic N) is 3. The van der Waals surface area contributed by atoms with Crippen LogP contribution in [0.1, 0.15) is 5.56 Å². The van der Waals surface area contributed by atoms with Crippen LogP contribution < -0.4 is 14.5 Å². The predicted molar refractivity (Wildman–Crippen MR) is 119 cm³/mol. The van der Waals surface area contributed by atoms with Crippen molar-refractivity contribution in [1.29, 1.82) is 0 Å². The van der Waals surface area contributed by atoms with Crippen LogP contribution in [0.5, 0.6) is 5.75 Å². The Morgan fingerprint density at radius 1 is 1.00 bits per heavy atom. The van der Waals surface area contributed by atoms with E-state index in [1.54, 1.807) is 30.5 Å². The first-order valence-electron chi connectivity index (χ1n) is 9.50. The molecule has 3 aromatic rings. The standard InChI is InChI=1S/C23H26ClN3O2/c1-26(2)20-10-6-18(7-11-20)15-27(23-5-3-4-14-25-23)16-21(28)17-29-22-12-8-19(24)9-13-22/h3-14,21,28H,15-17H2,1-2H3. The molecule has 0 fully saturated rings. The summed E-state index contributed by atoms with van der Waals surface area (Å²) < 4.78 is 5.69. The van der Waals surface area contributed by atoms with Crippen molar-refractivity contribution in [2.45, 2.75) is 12.6 Å². The first-order valence-corrected chi connectivity index (χ1v) is 9.88. The summed E-state index contributed by atoms with van der Waals surface area (Å²) in [6, 6.07) is 21.3. The number of pyridine rings is 1. The second-order valence-corrected chi connectivity index (χ2v) is 7.48. The maximum atomic E-state index is 10.6. The lowest BCUT2D eigenvalue weighted by Gasteiger charge is -2.26. The van der Waals surface area contributed by atoms with Crippen LogP contribution in [0.2, 0.25) is 5.02 Å². The van der Waals surface area contributed by atoms with E-state index in [1.165, 1.54) is 0 Å². The van der Waals surface area contributed by atoms with Crippen LogP contribution in [0, 0.1) is 0 Å². The van der Waals surface area contributed by atoms with Crippen LogP contribution in [0.3, 0.4) is 0 Å². The fourth-order valence-electron chi connectivity index (χ4n) is 2.93. The van der Waals surface area contributed by atoms with Gasteiger partial charge in [0.2, 0.25) is 0 Å². The number of aromatic nitrogens is 1. The molecule has 0 bridgehead atoms. The number of ether oxygens (including phenoxy) is 1. The van der Waals surface area contributed by atoms with Crippen molar-refractivity contribution in [1.82, 2.24) is 4.98 Å². The van der Waals surface area contributed by atoms with Gasteiger partial charge in [-0.25, -0.2) is 4.98 Å². The average Bonchev–Trinajstić information content (AvgIpc) is 2.74. The van der Waals surface area contributed by atoms with E-state index in [4.69, 9.17) is 16.3 Å². The molecule has 1 atom stereocenters. The third-order valence-electron chi connectivity index (χ3n) is 4.49. The molecule has 0 spiro atoms. The van der Waals surface area contributed by atoms with Gasteiger partial charge in [-0.05, 0) is 54.1 Å². The number of aliphatic hydroxyl groups is 1. The number of rotatable bonds is 9. The number of benzene rings is 2. The SMILES string of the molecule is CN(C)c1ccc(CN(CC(O)COc2ccc(Cl)cc2)c2ccccn2)cc1. The van der Waals surface area contributed by atoms with Gasteiger partial charge in [0, 0.05) is 44.1 Å². The monoisotopic (exact) mass is 411 g/mol. The van der Waals surface area contributed by atoms with Crippen molar-refractivity contribution in [3.05, 3.63) is 83.5 Å². The molecule has 1 N–H and O–H groups in total. The fourth-order valence-corrected chi connectivity index (χ4v) is 3.06. The van der Waals surface area contributed by atoms with E-state index in [1.807, 2.05) is 32.3 Å². The summed E-state index contributed by atoms with van der Waals surface area (Å²) in [5.74, 6) is 1.49. The molecule has 0 aliphatic rings. The summed E-state index contributed by atoms with van der Waals surface area (Å²) in [6.45, 7) is 1.23. The highest BCUT2D eigenvalue weighted by Gasteiger charge is 2.15. The number of aliphatic hydroxyl groups excluding tert-OH is 1. The van der Waals surface area contributed by atoms with Crippen molar-refractivity contribution in [3.63, 3.8) is 0 Å². The van der Waals surface area contributed by atoms with Gasteiger partial charge in [-0.15, -0.1) is 0 Å². The minimum Gasteiger partial charge on any atom is -0.491 e. The van der Waals surface area contributed by atoms with Gasteiger partial charge in [0.1, 0.15) is 24.3 Å². The average molecular weight is 412 g/mol. The van der Waals surface area contributed by atoms with Gasteiger partial charge in [-0.3, -0.25) is 0 Å². The summed E-state index contributed by atoms with van der Waals surface area (Å²) in [5, 5.41) is 11.2. The number of anilines is 2. The molecule has 29 heavy (non-hydrogen) atoms. The highest BCUT2D eigenvalue weighted by Crippen LogP contribution is 2.19. The Bertz CT molecular complexity index is 871. The van der Waals surface area contributed by atoms with Gasteiger partial charge in [0.25, 0.3) is 0 Å². The van der Waals surface area contributed by atoms with E-state index in [-0.39, 0.29) is 6.61 Å². The molecule has 0 amide bonds. The van der Waals surface area contributed by atoms with Crippen molar-refractivity contribution in [3.8, 4) is 5.75 Å². The van der Waals surface area contributed by atoms with Crippen LogP contribution in [-0.4, -0.2) is 43.4 Å². The molecule has 1 heterocycles. The molecule has 3 rings (SSSR count). The molecule has 1 aromatic heterocycles. The van der Waals surface area contributed by atoms with Gasteiger partial charge in [0.05, 0.1) is 0 Å². The topological polar surface area (TPSA) is 48.8 Å². The maximum absolute atomic E-state index is 10.6. The fraction of sp³-hybridized carbons (Fsp3) is 0.261. The van der Waals surface area contributed by atoms with E-state index >= 15 is 0 Å². The summed E-state index contributed by atoms with van der Waals surface area (Å²) in [6.07, 6.45) is 1.09. The minimum absolute atomic E-state index is 0.185. The summed E-state index contributed by atoms with van der Waals surface area (Å²) in [7, 11) is 4.04. The molecule has 0 saturated carbocycles.